The molecular weight excluding hydrogens is 415 g/mol. The second kappa shape index (κ2) is 10.7. The van der Waals surface area contributed by atoms with Crippen LogP contribution in [-0.4, -0.2) is 25.2 Å². The lowest BCUT2D eigenvalue weighted by atomic mass is 9.94. The van der Waals surface area contributed by atoms with E-state index in [0.717, 1.165) is 5.56 Å². The second-order valence-corrected chi connectivity index (χ2v) is 7.05. The lowest BCUT2D eigenvalue weighted by molar-refractivity contribution is -0.139. The number of carbonyl (C=O) groups excluding carboxylic acids is 2. The average molecular weight is 442 g/mol. The van der Waals surface area contributed by atoms with E-state index >= 15 is 0 Å². The molecule has 2 N–H and O–H groups in total. The molecule has 0 bridgehead atoms. The van der Waals surface area contributed by atoms with Gasteiger partial charge in [0.05, 0.1) is 24.8 Å². The highest BCUT2D eigenvalue weighted by Crippen LogP contribution is 2.35. The summed E-state index contributed by atoms with van der Waals surface area (Å²) in [7, 11) is 0. The van der Waals surface area contributed by atoms with Gasteiger partial charge in [0.2, 0.25) is 0 Å². The van der Waals surface area contributed by atoms with Crippen molar-refractivity contribution in [3.05, 3.63) is 70.7 Å². The summed E-state index contributed by atoms with van der Waals surface area (Å²) in [6.45, 7) is 6.29. The Balaban J connectivity index is 1.92. The Morgan fingerprint density at radius 2 is 1.75 bits per heavy atom. The highest BCUT2D eigenvalue weighted by Gasteiger charge is 2.33. The van der Waals surface area contributed by atoms with Crippen LogP contribution in [0.2, 0.25) is 0 Å². The average Bonchev–Trinajstić information content (AvgIpc) is 2.79. The largest absolute Gasteiger partial charge is 0.490 e. The molecule has 0 saturated carbocycles. The molecule has 7 nitrogen and oxygen atoms in total. The van der Waals surface area contributed by atoms with E-state index in [-0.39, 0.29) is 19.0 Å². The van der Waals surface area contributed by atoms with Gasteiger partial charge in [0, 0.05) is 5.70 Å². The van der Waals surface area contributed by atoms with Crippen LogP contribution in [0.25, 0.3) is 0 Å². The van der Waals surface area contributed by atoms with Gasteiger partial charge >= 0.3 is 12.0 Å². The quantitative estimate of drug-likeness (QED) is 0.563. The number of urea groups is 1. The molecule has 8 heteroatoms. The van der Waals surface area contributed by atoms with Crippen LogP contribution in [0.1, 0.15) is 44.4 Å². The standard InChI is InChI=1S/C24H27FN2O5/c1-4-18-21(23(28)31-6-3)22(27-24(29)26-18)16-9-12-19(20(13-16)30-5-2)32-14-15-7-10-17(25)11-8-15/h7-13,22H,4-6,14H2,1-3H3,(H2,26,27,29). The molecular formula is C24H27FN2O5. The highest BCUT2D eigenvalue weighted by molar-refractivity contribution is 5.95. The van der Waals surface area contributed by atoms with E-state index in [1.807, 2.05) is 13.8 Å². The SMILES string of the molecule is CCOC(=O)C1=C(CC)NC(=O)NC1c1ccc(OCc2ccc(F)cc2)c(OCC)c1. The molecule has 0 aromatic heterocycles. The predicted molar refractivity (Wildman–Crippen MR) is 117 cm³/mol. The number of hydrogen-bond donors (Lipinski definition) is 2. The van der Waals surface area contributed by atoms with E-state index in [1.54, 1.807) is 37.3 Å². The summed E-state index contributed by atoms with van der Waals surface area (Å²) in [6.07, 6.45) is 0.468. The Kier molecular flexibility index (Phi) is 7.70. The molecule has 0 spiro atoms. The molecule has 1 heterocycles. The van der Waals surface area contributed by atoms with E-state index in [2.05, 4.69) is 10.6 Å². The first-order valence-corrected chi connectivity index (χ1v) is 10.6. The number of allylic oxidation sites excluding steroid dienone is 1. The minimum atomic E-state index is -0.692. The van der Waals surface area contributed by atoms with Crippen LogP contribution in [-0.2, 0) is 16.1 Å². The smallest absolute Gasteiger partial charge is 0.338 e. The van der Waals surface area contributed by atoms with Crippen LogP contribution in [0.3, 0.4) is 0 Å². The Labute approximate surface area is 186 Å². The molecule has 1 aliphatic heterocycles. The fourth-order valence-corrected chi connectivity index (χ4v) is 3.43. The fraction of sp³-hybridized carbons (Fsp3) is 0.333. The summed E-state index contributed by atoms with van der Waals surface area (Å²) in [5.74, 6) is 0.171. The van der Waals surface area contributed by atoms with Crippen LogP contribution in [0.4, 0.5) is 9.18 Å². The molecule has 2 aromatic carbocycles. The summed E-state index contributed by atoms with van der Waals surface area (Å²) < 4.78 is 30.0. The van der Waals surface area contributed by atoms with E-state index < -0.39 is 18.0 Å². The number of rotatable bonds is 9. The van der Waals surface area contributed by atoms with Crippen molar-refractivity contribution < 1.29 is 28.2 Å². The number of halogens is 1. The second-order valence-electron chi connectivity index (χ2n) is 7.05. The summed E-state index contributed by atoms with van der Waals surface area (Å²) in [4.78, 5) is 24.9. The predicted octanol–water partition coefficient (Wildman–Crippen LogP) is 4.38. The lowest BCUT2D eigenvalue weighted by Gasteiger charge is -2.29. The van der Waals surface area contributed by atoms with E-state index in [0.29, 0.717) is 41.4 Å². The first kappa shape index (κ1) is 23.1. The third kappa shape index (κ3) is 5.38. The molecule has 32 heavy (non-hydrogen) atoms. The number of nitrogens with one attached hydrogen (secondary N) is 2. The fourth-order valence-electron chi connectivity index (χ4n) is 3.43. The maximum Gasteiger partial charge on any atom is 0.338 e. The Bertz CT molecular complexity index is 1000. The summed E-state index contributed by atoms with van der Waals surface area (Å²) in [5.41, 5.74) is 2.35. The van der Waals surface area contributed by atoms with Crippen molar-refractivity contribution in [2.45, 2.75) is 39.8 Å². The van der Waals surface area contributed by atoms with Crippen molar-refractivity contribution in [3.8, 4) is 11.5 Å². The molecule has 1 atom stereocenters. The third-order valence-corrected chi connectivity index (χ3v) is 4.91. The molecule has 0 fully saturated rings. The van der Waals surface area contributed by atoms with Crippen molar-refractivity contribution in [3.63, 3.8) is 0 Å². The van der Waals surface area contributed by atoms with Crippen molar-refractivity contribution in [2.24, 2.45) is 0 Å². The molecule has 170 valence electrons. The van der Waals surface area contributed by atoms with Gasteiger partial charge in [0.25, 0.3) is 0 Å². The first-order chi connectivity index (χ1) is 15.5. The zero-order valence-corrected chi connectivity index (χ0v) is 18.4. The van der Waals surface area contributed by atoms with Gasteiger partial charge in [0.15, 0.2) is 11.5 Å². The topological polar surface area (TPSA) is 85.9 Å². The number of benzene rings is 2. The summed E-state index contributed by atoms with van der Waals surface area (Å²) >= 11 is 0. The Morgan fingerprint density at radius 1 is 1.00 bits per heavy atom. The Morgan fingerprint density at radius 3 is 2.41 bits per heavy atom. The summed E-state index contributed by atoms with van der Waals surface area (Å²) in [6, 6.07) is 10.2. The molecule has 2 amide bonds. The number of hydrogen-bond acceptors (Lipinski definition) is 5. The molecule has 1 aliphatic rings. The van der Waals surface area contributed by atoms with Gasteiger partial charge in [0.1, 0.15) is 12.4 Å². The third-order valence-electron chi connectivity index (χ3n) is 4.91. The minimum absolute atomic E-state index is 0.223. The lowest BCUT2D eigenvalue weighted by Crippen LogP contribution is -2.45. The zero-order chi connectivity index (χ0) is 23.1. The number of carbonyl (C=O) groups is 2. The van der Waals surface area contributed by atoms with Crippen LogP contribution < -0.4 is 20.1 Å². The molecule has 0 aliphatic carbocycles. The van der Waals surface area contributed by atoms with Gasteiger partial charge in [-0.05, 0) is 55.7 Å². The van der Waals surface area contributed by atoms with Crippen LogP contribution in [0.5, 0.6) is 11.5 Å². The zero-order valence-electron chi connectivity index (χ0n) is 18.4. The van der Waals surface area contributed by atoms with Crippen LogP contribution in [0.15, 0.2) is 53.7 Å². The number of amides is 2. The normalized spacial score (nSPS) is 15.6. The monoisotopic (exact) mass is 442 g/mol. The van der Waals surface area contributed by atoms with Gasteiger partial charge in [-0.2, -0.15) is 0 Å². The van der Waals surface area contributed by atoms with Gasteiger partial charge < -0.3 is 24.8 Å². The minimum Gasteiger partial charge on any atom is -0.490 e. The van der Waals surface area contributed by atoms with Gasteiger partial charge in [-0.1, -0.05) is 25.1 Å². The maximum atomic E-state index is 13.1. The first-order valence-electron chi connectivity index (χ1n) is 10.6. The summed E-state index contributed by atoms with van der Waals surface area (Å²) in [5, 5.41) is 5.49. The molecule has 0 radical (unpaired) electrons. The molecule has 3 rings (SSSR count). The van der Waals surface area contributed by atoms with Gasteiger partial charge in [-0.3, -0.25) is 0 Å². The Hall–Kier alpha value is -3.55. The van der Waals surface area contributed by atoms with Gasteiger partial charge in [-0.15, -0.1) is 0 Å². The maximum absolute atomic E-state index is 13.1. The number of esters is 1. The van der Waals surface area contributed by atoms with E-state index in [1.165, 1.54) is 12.1 Å². The van der Waals surface area contributed by atoms with Crippen molar-refractivity contribution in [1.29, 1.82) is 0 Å². The molecule has 0 saturated heterocycles. The van der Waals surface area contributed by atoms with Crippen molar-refractivity contribution in [1.82, 2.24) is 10.6 Å². The van der Waals surface area contributed by atoms with E-state index in [4.69, 9.17) is 14.2 Å². The highest BCUT2D eigenvalue weighted by atomic mass is 19.1. The number of ether oxygens (including phenoxy) is 3. The molecule has 1 unspecified atom stereocenters. The van der Waals surface area contributed by atoms with Crippen molar-refractivity contribution in [2.75, 3.05) is 13.2 Å². The van der Waals surface area contributed by atoms with Crippen LogP contribution in [0, 0.1) is 5.82 Å². The van der Waals surface area contributed by atoms with Gasteiger partial charge in [-0.25, -0.2) is 14.0 Å². The van der Waals surface area contributed by atoms with Crippen molar-refractivity contribution >= 4 is 12.0 Å². The van der Waals surface area contributed by atoms with E-state index in [9.17, 15) is 14.0 Å². The van der Waals surface area contributed by atoms with Crippen LogP contribution >= 0.6 is 0 Å². The molecule has 2 aromatic rings.